The Hall–Kier alpha value is -2.03. The topological polar surface area (TPSA) is 105 Å². The van der Waals surface area contributed by atoms with Crippen molar-refractivity contribution in [3.63, 3.8) is 0 Å². The molecular weight excluding hydrogens is 421 g/mol. The number of hydrogen-bond donors (Lipinski definition) is 2. The molecule has 2 rings (SSSR count). The average Bonchev–Trinajstić information content (AvgIpc) is 2.72. The Kier molecular flexibility index (Phi) is 6.24. The molecule has 0 aliphatic carbocycles. The monoisotopic (exact) mass is 435 g/mol. The predicted molar refractivity (Wildman–Crippen MR) is 100.0 cm³/mol. The number of esters is 1. The number of anilines is 1. The van der Waals surface area contributed by atoms with Gasteiger partial charge in [-0.15, -0.1) is 0 Å². The van der Waals surface area contributed by atoms with Gasteiger partial charge in [0.25, 0.3) is 11.8 Å². The molecule has 11 heteroatoms. The summed E-state index contributed by atoms with van der Waals surface area (Å²) in [5.41, 5.74) is -0.992. The van der Waals surface area contributed by atoms with Crippen molar-refractivity contribution in [1.29, 1.82) is 0 Å². The van der Waals surface area contributed by atoms with E-state index in [2.05, 4.69) is 10.6 Å². The second-order valence-corrected chi connectivity index (χ2v) is 7.56. The largest absolute Gasteiger partial charge is 0.451 e. The second-order valence-electron chi connectivity index (χ2n) is 6.31. The number of urea groups is 1. The number of amides is 4. The lowest BCUT2D eigenvalue weighted by molar-refractivity contribution is -0.155. The first kappa shape index (κ1) is 21.3. The zero-order valence-corrected chi connectivity index (χ0v) is 16.8. The summed E-state index contributed by atoms with van der Waals surface area (Å²) in [6, 6.07) is 2.07. The normalized spacial score (nSPS) is 16.7. The first-order chi connectivity index (χ1) is 12.4. The minimum Gasteiger partial charge on any atom is -0.451 e. The number of halogens is 3. The number of benzene rings is 1. The predicted octanol–water partition coefficient (Wildman–Crippen LogP) is 2.85. The first-order valence-electron chi connectivity index (χ1n) is 7.71. The second kappa shape index (κ2) is 7.92. The maximum absolute atomic E-state index is 12.2. The van der Waals surface area contributed by atoms with E-state index in [-0.39, 0.29) is 15.7 Å². The summed E-state index contributed by atoms with van der Waals surface area (Å²) < 4.78 is 4.98. The fourth-order valence-corrected chi connectivity index (χ4v) is 3.18. The molecule has 1 aliphatic heterocycles. The number of nitrogens with one attached hydrogen (secondary N) is 2. The summed E-state index contributed by atoms with van der Waals surface area (Å²) in [4.78, 5) is 48.7. The molecule has 0 bridgehead atoms. The van der Waals surface area contributed by atoms with E-state index in [1.807, 2.05) is 0 Å². The summed E-state index contributed by atoms with van der Waals surface area (Å²) in [6.45, 7) is 3.72. The van der Waals surface area contributed by atoms with Crippen LogP contribution in [0.3, 0.4) is 0 Å². The van der Waals surface area contributed by atoms with Crippen LogP contribution in [0.25, 0.3) is 0 Å². The van der Waals surface area contributed by atoms with Crippen molar-refractivity contribution in [2.75, 3.05) is 11.9 Å². The van der Waals surface area contributed by atoms with Gasteiger partial charge in [-0.2, -0.15) is 0 Å². The smallest absolute Gasteiger partial charge is 0.327 e. The van der Waals surface area contributed by atoms with Crippen molar-refractivity contribution in [3.8, 4) is 0 Å². The molecule has 0 saturated carbocycles. The number of carbonyl (C=O) groups excluding carboxylic acids is 4. The van der Waals surface area contributed by atoms with E-state index in [9.17, 15) is 19.2 Å². The van der Waals surface area contributed by atoms with Crippen LogP contribution in [0, 0.1) is 0 Å². The van der Waals surface area contributed by atoms with Crippen LogP contribution in [0.5, 0.6) is 0 Å². The molecule has 0 spiro atoms. The molecule has 0 aromatic heterocycles. The summed E-state index contributed by atoms with van der Waals surface area (Å²) in [6.07, 6.45) is -1.23. The molecular formula is C16H16Cl3N3O5. The molecule has 8 nitrogen and oxygen atoms in total. The molecule has 1 aromatic carbocycles. The van der Waals surface area contributed by atoms with Gasteiger partial charge in [0.1, 0.15) is 12.1 Å². The number of hydrogen-bond acceptors (Lipinski definition) is 5. The van der Waals surface area contributed by atoms with E-state index in [4.69, 9.17) is 39.5 Å². The van der Waals surface area contributed by atoms with Crippen LogP contribution in [0.2, 0.25) is 15.1 Å². The number of imide groups is 1. The van der Waals surface area contributed by atoms with Gasteiger partial charge in [-0.25, -0.2) is 4.79 Å². The molecule has 1 aliphatic rings. The Morgan fingerprint density at radius 2 is 1.78 bits per heavy atom. The van der Waals surface area contributed by atoms with Gasteiger partial charge in [-0.1, -0.05) is 34.8 Å². The van der Waals surface area contributed by atoms with Gasteiger partial charge in [0.2, 0.25) is 0 Å². The molecule has 146 valence electrons. The van der Waals surface area contributed by atoms with Crippen LogP contribution in [-0.2, 0) is 19.1 Å². The van der Waals surface area contributed by atoms with Crippen molar-refractivity contribution in [2.24, 2.45) is 0 Å². The molecule has 1 aromatic rings. The van der Waals surface area contributed by atoms with Crippen molar-refractivity contribution < 1.29 is 23.9 Å². The number of carbonyl (C=O) groups is 4. The third kappa shape index (κ3) is 4.82. The highest BCUT2D eigenvalue weighted by Crippen LogP contribution is 2.33. The Morgan fingerprint density at radius 3 is 2.26 bits per heavy atom. The molecule has 1 fully saturated rings. The third-order valence-electron chi connectivity index (χ3n) is 3.66. The highest BCUT2D eigenvalue weighted by Gasteiger charge is 2.45. The maximum atomic E-state index is 12.2. The number of nitrogens with zero attached hydrogens (tertiary/aromatic N) is 1. The van der Waals surface area contributed by atoms with Gasteiger partial charge < -0.3 is 15.4 Å². The van der Waals surface area contributed by atoms with E-state index in [0.29, 0.717) is 5.02 Å². The molecule has 0 radical (unpaired) electrons. The van der Waals surface area contributed by atoms with Gasteiger partial charge in [0.05, 0.1) is 15.7 Å². The van der Waals surface area contributed by atoms with Gasteiger partial charge in [-0.05, 0) is 32.9 Å². The fraction of sp³-hybridized carbons (Fsp3) is 0.375. The summed E-state index contributed by atoms with van der Waals surface area (Å²) >= 11 is 17.8. The van der Waals surface area contributed by atoms with Gasteiger partial charge >= 0.3 is 12.0 Å². The first-order valence-corrected chi connectivity index (χ1v) is 8.84. The molecule has 1 atom stereocenters. The van der Waals surface area contributed by atoms with E-state index < -0.39 is 42.0 Å². The fourth-order valence-electron chi connectivity index (χ4n) is 2.27. The van der Waals surface area contributed by atoms with Crippen molar-refractivity contribution in [1.82, 2.24) is 10.2 Å². The van der Waals surface area contributed by atoms with Gasteiger partial charge in [-0.3, -0.25) is 19.3 Å². The van der Waals surface area contributed by atoms with Crippen LogP contribution in [0.4, 0.5) is 10.5 Å². The van der Waals surface area contributed by atoms with Crippen LogP contribution < -0.4 is 10.6 Å². The van der Waals surface area contributed by atoms with E-state index >= 15 is 0 Å². The summed E-state index contributed by atoms with van der Waals surface area (Å²) in [7, 11) is 0. The lowest BCUT2D eigenvalue weighted by Crippen LogP contribution is -2.42. The molecule has 4 amide bonds. The number of rotatable bonds is 5. The molecule has 27 heavy (non-hydrogen) atoms. The molecule has 2 N–H and O–H groups in total. The lowest BCUT2D eigenvalue weighted by Gasteiger charge is -2.18. The summed E-state index contributed by atoms with van der Waals surface area (Å²) in [5.74, 6) is -2.19. The van der Waals surface area contributed by atoms with E-state index in [1.165, 1.54) is 32.9 Å². The number of ether oxygens (including phenoxy) is 1. The maximum Gasteiger partial charge on any atom is 0.327 e. The Bertz CT molecular complexity index is 805. The highest BCUT2D eigenvalue weighted by atomic mass is 35.5. The minimum atomic E-state index is -1.23. The van der Waals surface area contributed by atoms with Crippen molar-refractivity contribution in [3.05, 3.63) is 27.2 Å². The zero-order valence-electron chi connectivity index (χ0n) is 14.6. The van der Waals surface area contributed by atoms with Crippen molar-refractivity contribution >= 4 is 64.3 Å². The molecule has 1 unspecified atom stereocenters. The van der Waals surface area contributed by atoms with E-state index in [0.717, 1.165) is 4.90 Å². The van der Waals surface area contributed by atoms with Gasteiger partial charge in [0.15, 0.2) is 6.10 Å². The highest BCUT2D eigenvalue weighted by molar-refractivity contribution is 6.42. The SMILES string of the molecule is CC(OC(=O)CN1C(=O)NC(C)(C)C1=O)C(=O)Nc1c(Cl)cc(Cl)cc1Cl. The Morgan fingerprint density at radius 1 is 1.22 bits per heavy atom. The quantitative estimate of drug-likeness (QED) is 0.545. The Labute approximate surface area is 170 Å². The van der Waals surface area contributed by atoms with Crippen LogP contribution in [0.15, 0.2) is 12.1 Å². The lowest BCUT2D eigenvalue weighted by atomic mass is 10.1. The van der Waals surface area contributed by atoms with E-state index in [1.54, 1.807) is 0 Å². The van der Waals surface area contributed by atoms with Crippen LogP contribution in [0.1, 0.15) is 20.8 Å². The molecule has 1 heterocycles. The molecule has 1 saturated heterocycles. The standard InChI is InChI=1S/C16H16Cl3N3O5/c1-7(13(24)20-12-9(18)4-8(17)5-10(12)19)27-11(23)6-22-14(25)16(2,3)21-15(22)26/h4-5,7H,6H2,1-3H3,(H,20,24)(H,21,26). The van der Waals surface area contributed by atoms with Crippen LogP contribution >= 0.6 is 34.8 Å². The van der Waals surface area contributed by atoms with Crippen molar-refractivity contribution in [2.45, 2.75) is 32.4 Å². The Balaban J connectivity index is 1.98. The summed E-state index contributed by atoms with van der Waals surface area (Å²) in [5, 5.41) is 5.39. The van der Waals surface area contributed by atoms with Crippen LogP contribution in [-0.4, -0.2) is 46.9 Å². The average molecular weight is 437 g/mol. The zero-order chi connectivity index (χ0) is 20.5. The minimum absolute atomic E-state index is 0.112. The third-order valence-corrected chi connectivity index (χ3v) is 4.48. The van der Waals surface area contributed by atoms with Gasteiger partial charge in [0, 0.05) is 5.02 Å².